The van der Waals surface area contributed by atoms with Gasteiger partial charge in [-0.05, 0) is 28.8 Å². The second kappa shape index (κ2) is 3.42. The highest BCUT2D eigenvalue weighted by atomic mass is 79.9. The summed E-state index contributed by atoms with van der Waals surface area (Å²) in [5, 5.41) is 0. The normalized spacial score (nSPS) is 21.6. The number of imidazole rings is 1. The fourth-order valence-electron chi connectivity index (χ4n) is 1.90. The van der Waals surface area contributed by atoms with Crippen LogP contribution in [0.2, 0.25) is 0 Å². The van der Waals surface area contributed by atoms with E-state index in [0.29, 0.717) is 12.5 Å². The van der Waals surface area contributed by atoms with Gasteiger partial charge in [0.15, 0.2) is 0 Å². The molecule has 72 valence electrons. The molecule has 1 aromatic heterocycles. The highest BCUT2D eigenvalue weighted by molar-refractivity contribution is 9.10. The molecule has 2 N–H and O–H groups in total. The van der Waals surface area contributed by atoms with E-state index in [9.17, 15) is 0 Å². The van der Waals surface area contributed by atoms with Crippen LogP contribution in [-0.4, -0.2) is 9.55 Å². The third-order valence-electron chi connectivity index (χ3n) is 2.65. The van der Waals surface area contributed by atoms with Crippen molar-refractivity contribution in [3.05, 3.63) is 16.1 Å². The molecule has 0 bridgehead atoms. The summed E-state index contributed by atoms with van der Waals surface area (Å²) in [5.41, 5.74) is 6.59. The van der Waals surface area contributed by atoms with Crippen molar-refractivity contribution in [3.63, 3.8) is 0 Å². The van der Waals surface area contributed by atoms with Gasteiger partial charge in [-0.15, -0.1) is 0 Å². The Labute approximate surface area is 86.5 Å². The van der Waals surface area contributed by atoms with Crippen LogP contribution in [0.25, 0.3) is 0 Å². The van der Waals surface area contributed by atoms with E-state index < -0.39 is 0 Å². The molecule has 0 saturated carbocycles. The van der Waals surface area contributed by atoms with Crippen LogP contribution < -0.4 is 5.73 Å². The van der Waals surface area contributed by atoms with Crippen molar-refractivity contribution in [2.45, 2.75) is 38.8 Å². The van der Waals surface area contributed by atoms with E-state index in [2.05, 4.69) is 32.4 Å². The summed E-state index contributed by atoms with van der Waals surface area (Å²) >= 11 is 3.55. The van der Waals surface area contributed by atoms with E-state index in [1.807, 2.05) is 0 Å². The van der Waals surface area contributed by atoms with Crippen LogP contribution in [0.5, 0.6) is 0 Å². The average molecular weight is 244 g/mol. The fourth-order valence-corrected chi connectivity index (χ4v) is 2.51. The molecule has 3 nitrogen and oxygen atoms in total. The highest BCUT2D eigenvalue weighted by Gasteiger charge is 2.22. The van der Waals surface area contributed by atoms with E-state index in [4.69, 9.17) is 5.73 Å². The van der Waals surface area contributed by atoms with Gasteiger partial charge in [0.2, 0.25) is 0 Å². The quantitative estimate of drug-likeness (QED) is 0.821. The summed E-state index contributed by atoms with van der Waals surface area (Å²) in [6, 6.07) is 0. The van der Waals surface area contributed by atoms with E-state index >= 15 is 0 Å². The monoisotopic (exact) mass is 243 g/mol. The summed E-state index contributed by atoms with van der Waals surface area (Å²) in [5.74, 6) is 1.77. The maximum atomic E-state index is 5.60. The standard InChI is InChI=1S/C9H14BrN3/c1-6-3-2-4-13-8(10)7(5-11)12-9(6)13/h6H,2-5,11H2,1H3. The molecule has 1 aromatic rings. The van der Waals surface area contributed by atoms with Crippen LogP contribution in [0, 0.1) is 0 Å². The van der Waals surface area contributed by atoms with Gasteiger partial charge in [-0.1, -0.05) is 6.92 Å². The predicted octanol–water partition coefficient (Wildman–Crippen LogP) is 2.00. The predicted molar refractivity (Wildman–Crippen MR) is 55.5 cm³/mol. The van der Waals surface area contributed by atoms with Gasteiger partial charge in [-0.2, -0.15) is 0 Å². The molecule has 1 unspecified atom stereocenters. The average Bonchev–Trinajstić information content (AvgIpc) is 2.45. The zero-order chi connectivity index (χ0) is 9.42. The molecule has 4 heteroatoms. The molecule has 2 rings (SSSR count). The Hall–Kier alpha value is -0.350. The van der Waals surface area contributed by atoms with E-state index in [1.54, 1.807) is 0 Å². The van der Waals surface area contributed by atoms with Crippen LogP contribution in [0.4, 0.5) is 0 Å². The van der Waals surface area contributed by atoms with E-state index in [1.165, 1.54) is 18.7 Å². The molecule has 0 amide bonds. The van der Waals surface area contributed by atoms with E-state index in [-0.39, 0.29) is 0 Å². The van der Waals surface area contributed by atoms with Crippen molar-refractivity contribution in [3.8, 4) is 0 Å². The lowest BCUT2D eigenvalue weighted by molar-refractivity contribution is 0.459. The first-order valence-electron chi connectivity index (χ1n) is 4.69. The number of aromatic nitrogens is 2. The number of nitrogens with zero attached hydrogens (tertiary/aromatic N) is 2. The molecule has 1 aliphatic heterocycles. The maximum absolute atomic E-state index is 5.60. The van der Waals surface area contributed by atoms with E-state index in [0.717, 1.165) is 16.8 Å². The Morgan fingerprint density at radius 1 is 1.69 bits per heavy atom. The molecule has 0 fully saturated rings. The van der Waals surface area contributed by atoms with Gasteiger partial charge in [0.05, 0.1) is 5.69 Å². The Kier molecular flexibility index (Phi) is 2.43. The minimum atomic E-state index is 0.521. The molecule has 13 heavy (non-hydrogen) atoms. The third-order valence-corrected chi connectivity index (χ3v) is 3.54. The van der Waals surface area contributed by atoms with Gasteiger partial charge in [0, 0.05) is 19.0 Å². The van der Waals surface area contributed by atoms with Crippen molar-refractivity contribution >= 4 is 15.9 Å². The Bertz CT molecular complexity index is 319. The van der Waals surface area contributed by atoms with Gasteiger partial charge in [0.25, 0.3) is 0 Å². The maximum Gasteiger partial charge on any atom is 0.112 e. The SMILES string of the molecule is CC1CCCn2c1nc(CN)c2Br. The van der Waals surface area contributed by atoms with Crippen LogP contribution in [0.3, 0.4) is 0 Å². The van der Waals surface area contributed by atoms with Crippen molar-refractivity contribution < 1.29 is 0 Å². The Morgan fingerprint density at radius 3 is 3.08 bits per heavy atom. The first-order valence-corrected chi connectivity index (χ1v) is 5.48. The largest absolute Gasteiger partial charge is 0.325 e. The second-order valence-electron chi connectivity index (χ2n) is 3.61. The Balaban J connectivity index is 2.48. The molecule has 0 spiro atoms. The van der Waals surface area contributed by atoms with Crippen molar-refractivity contribution in [1.82, 2.24) is 9.55 Å². The fraction of sp³-hybridized carbons (Fsp3) is 0.667. The summed E-state index contributed by atoms with van der Waals surface area (Å²) in [7, 11) is 0. The lowest BCUT2D eigenvalue weighted by Crippen LogP contribution is -2.13. The lowest BCUT2D eigenvalue weighted by atomic mass is 10.0. The number of hydrogen-bond donors (Lipinski definition) is 1. The molecule has 2 heterocycles. The van der Waals surface area contributed by atoms with Crippen LogP contribution >= 0.6 is 15.9 Å². The lowest BCUT2D eigenvalue weighted by Gasteiger charge is -2.20. The molecule has 0 radical (unpaired) electrons. The third kappa shape index (κ3) is 1.42. The minimum Gasteiger partial charge on any atom is -0.325 e. The van der Waals surface area contributed by atoms with Gasteiger partial charge < -0.3 is 10.3 Å². The molecule has 0 aromatic carbocycles. The molecule has 1 atom stereocenters. The second-order valence-corrected chi connectivity index (χ2v) is 4.36. The van der Waals surface area contributed by atoms with Gasteiger partial charge in [-0.3, -0.25) is 0 Å². The molecular weight excluding hydrogens is 230 g/mol. The van der Waals surface area contributed by atoms with Crippen molar-refractivity contribution in [2.75, 3.05) is 0 Å². The molecular formula is C9H14BrN3. The summed E-state index contributed by atoms with van der Waals surface area (Å²) < 4.78 is 3.33. The number of rotatable bonds is 1. The highest BCUT2D eigenvalue weighted by Crippen LogP contribution is 2.30. The minimum absolute atomic E-state index is 0.521. The molecule has 1 aliphatic rings. The van der Waals surface area contributed by atoms with Gasteiger partial charge >= 0.3 is 0 Å². The summed E-state index contributed by atoms with van der Waals surface area (Å²) in [4.78, 5) is 4.54. The van der Waals surface area contributed by atoms with Crippen molar-refractivity contribution in [2.24, 2.45) is 5.73 Å². The van der Waals surface area contributed by atoms with Crippen LogP contribution in [-0.2, 0) is 13.1 Å². The molecule has 0 saturated heterocycles. The number of nitrogens with two attached hydrogens (primary N) is 1. The van der Waals surface area contributed by atoms with Crippen LogP contribution in [0.15, 0.2) is 4.60 Å². The zero-order valence-electron chi connectivity index (χ0n) is 7.76. The summed E-state index contributed by atoms with van der Waals surface area (Å²) in [6.07, 6.45) is 2.49. The van der Waals surface area contributed by atoms with Crippen molar-refractivity contribution in [1.29, 1.82) is 0 Å². The zero-order valence-corrected chi connectivity index (χ0v) is 9.34. The smallest absolute Gasteiger partial charge is 0.112 e. The topological polar surface area (TPSA) is 43.8 Å². The molecule has 0 aliphatic carbocycles. The first kappa shape index (κ1) is 9.21. The van der Waals surface area contributed by atoms with Gasteiger partial charge in [-0.25, -0.2) is 4.98 Å². The Morgan fingerprint density at radius 2 is 2.46 bits per heavy atom. The number of hydrogen-bond acceptors (Lipinski definition) is 2. The number of fused-ring (bicyclic) bond motifs is 1. The van der Waals surface area contributed by atoms with Crippen LogP contribution in [0.1, 0.15) is 37.2 Å². The summed E-state index contributed by atoms with van der Waals surface area (Å²) in [6.45, 7) is 3.82. The number of halogens is 1. The first-order chi connectivity index (χ1) is 6.24. The van der Waals surface area contributed by atoms with Gasteiger partial charge in [0.1, 0.15) is 10.4 Å².